The van der Waals surface area contributed by atoms with Gasteiger partial charge in [-0.2, -0.15) is 9.48 Å². The summed E-state index contributed by atoms with van der Waals surface area (Å²) < 4.78 is 57.9. The maximum absolute atomic E-state index is 15.1. The highest BCUT2D eigenvalue weighted by molar-refractivity contribution is 7.47. The number of carbonyl (C=O) groups excluding carboxylic acids is 6. The van der Waals surface area contributed by atoms with E-state index in [1.165, 1.54) is 128 Å². The lowest BCUT2D eigenvalue weighted by Crippen LogP contribution is -2.68. The number of aliphatic hydroxyl groups excluding tert-OH is 2. The molecule has 0 aromatic heterocycles. The van der Waals surface area contributed by atoms with Crippen LogP contribution in [0, 0.1) is 0 Å². The number of esters is 4. The van der Waals surface area contributed by atoms with Gasteiger partial charge in [-0.1, -0.05) is 330 Å². The van der Waals surface area contributed by atoms with Crippen molar-refractivity contribution < 1.29 is 90.7 Å². The third-order valence-corrected chi connectivity index (χ3v) is 23.4. The molecule has 0 aliphatic carbocycles. The lowest BCUT2D eigenvalue weighted by Gasteiger charge is -2.47. The Balaban J connectivity index is 3.94. The molecule has 1 aliphatic rings. The average molecular weight is 1620 g/mol. The van der Waals surface area contributed by atoms with E-state index in [0.717, 1.165) is 167 Å². The fourth-order valence-electron chi connectivity index (χ4n) is 15.1. The van der Waals surface area contributed by atoms with Gasteiger partial charge < -0.3 is 49.4 Å². The zero-order valence-corrected chi connectivity index (χ0v) is 74.1. The van der Waals surface area contributed by atoms with Crippen molar-refractivity contribution in [1.82, 2.24) is 10.6 Å². The van der Waals surface area contributed by atoms with E-state index < -0.39 is 119 Å². The SMILES string of the molecule is CCCCCCCCCCC[C@H](CC(=O)N[C@@H](CO)COP(=O)(O)O[C@H]1[C@H](OC(=O)C[C@@H](CCCCCCCCCCC)OC(=O)CCCCCCCCCC)[C@@H](NC(=O)C[C@@H](CCCCCCCCCCC)OC(=O)CCCCCCCCCC)C(O[N+](CC)(CC)CC)O[C@@H]1CO)OC(=O)CCCCCCCCCC. The van der Waals surface area contributed by atoms with Crippen molar-refractivity contribution in [1.29, 1.82) is 0 Å². The standard InChI is InChI=1S/C90H172N3O18P/c1-10-19-25-31-37-43-46-52-58-64-77(105-83(98)67-61-55-49-40-34-28-22-13-4)70-81(96)91-76(73-94)75-104-112(102,103)111-88-80(74-95)108-90(110-93(16-7,17-8)18-9)87(92-82(97)71-78(65-59-53-47-44-38-32-26-20-11-2)106-84(99)68-62-56-50-41-35-29-23-14-5)89(88)109-86(101)72-79(66-60-54-48-45-39-33-27-21-12-3)107-85(100)69-63-57-51-42-36-30-24-15-6/h76-80,87-90,94-95H,10-75H2,1-9H3,(H2-,91,92,96,97,102,103)/p+1/t76-,77+,78+,79+,80+,87+,88+,89+,90?/m0/s1. The maximum Gasteiger partial charge on any atom is 0.472 e. The van der Waals surface area contributed by atoms with Crippen LogP contribution >= 0.6 is 7.82 Å². The van der Waals surface area contributed by atoms with Crippen molar-refractivity contribution in [3.8, 4) is 0 Å². The molecular formula is C90H173N3O18P+. The second kappa shape index (κ2) is 72.9. The Bertz CT molecular complexity index is 2310. The molecule has 112 heavy (non-hydrogen) atoms. The van der Waals surface area contributed by atoms with E-state index in [1.807, 2.05) is 20.8 Å². The van der Waals surface area contributed by atoms with Gasteiger partial charge in [-0.15, -0.1) is 0 Å². The third kappa shape index (κ3) is 57.0. The van der Waals surface area contributed by atoms with Crippen LogP contribution in [-0.4, -0.2) is 150 Å². The number of phosphoric ester groups is 1. The van der Waals surface area contributed by atoms with Crippen molar-refractivity contribution in [2.45, 2.75) is 503 Å². The molecule has 22 heteroatoms. The Labute approximate surface area is 683 Å². The molecule has 10 atom stereocenters. The summed E-state index contributed by atoms with van der Waals surface area (Å²) in [6.07, 6.45) is 45.4. The third-order valence-electron chi connectivity index (χ3n) is 22.5. The van der Waals surface area contributed by atoms with E-state index in [2.05, 4.69) is 52.2 Å². The van der Waals surface area contributed by atoms with Crippen molar-refractivity contribution >= 4 is 43.5 Å². The van der Waals surface area contributed by atoms with Crippen LogP contribution in [0.5, 0.6) is 0 Å². The number of aliphatic hydroxyl groups is 2. The first-order valence-corrected chi connectivity index (χ1v) is 48.3. The number of unbranched alkanes of at least 4 members (excludes halogenated alkanes) is 45. The molecule has 1 saturated heterocycles. The molecule has 0 spiro atoms. The van der Waals surface area contributed by atoms with Gasteiger partial charge in [-0.3, -0.25) is 37.8 Å². The van der Waals surface area contributed by atoms with Gasteiger partial charge in [0, 0.05) is 19.3 Å². The molecule has 0 aromatic carbocycles. The van der Waals surface area contributed by atoms with Crippen LogP contribution < -0.4 is 10.6 Å². The maximum atomic E-state index is 15.1. The van der Waals surface area contributed by atoms with Crippen LogP contribution in [-0.2, 0) is 70.9 Å². The molecule has 0 radical (unpaired) electrons. The number of hydrogen-bond donors (Lipinski definition) is 5. The molecule has 0 bridgehead atoms. The Morgan fingerprint density at radius 2 is 0.696 bits per heavy atom. The van der Waals surface area contributed by atoms with E-state index >= 15 is 9.59 Å². The summed E-state index contributed by atoms with van der Waals surface area (Å²) >= 11 is 0. The van der Waals surface area contributed by atoms with Gasteiger partial charge in [0.1, 0.15) is 56.2 Å². The summed E-state index contributed by atoms with van der Waals surface area (Å²) in [5.41, 5.74) is 0. The summed E-state index contributed by atoms with van der Waals surface area (Å²) in [6, 6.07) is -2.80. The number of nitrogens with zero attached hydrogens (tertiary/aromatic N) is 1. The first-order valence-electron chi connectivity index (χ1n) is 46.8. The van der Waals surface area contributed by atoms with Crippen molar-refractivity contribution in [2.75, 3.05) is 39.5 Å². The molecule has 1 heterocycles. The van der Waals surface area contributed by atoms with Crippen LogP contribution in [0.1, 0.15) is 448 Å². The van der Waals surface area contributed by atoms with Gasteiger partial charge in [0.2, 0.25) is 18.1 Å². The highest BCUT2D eigenvalue weighted by Crippen LogP contribution is 2.48. The highest BCUT2D eigenvalue weighted by Gasteiger charge is 2.55. The smallest absolute Gasteiger partial charge is 0.462 e. The minimum absolute atomic E-state index is 0.0355. The van der Waals surface area contributed by atoms with Crippen molar-refractivity contribution in [3.05, 3.63) is 0 Å². The fourth-order valence-corrected chi connectivity index (χ4v) is 16.1. The highest BCUT2D eigenvalue weighted by atomic mass is 31.2. The lowest BCUT2D eigenvalue weighted by atomic mass is 9.96. The molecule has 5 N–H and O–H groups in total. The predicted molar refractivity (Wildman–Crippen MR) is 451 cm³/mol. The van der Waals surface area contributed by atoms with Gasteiger partial charge in [-0.25, -0.2) is 4.57 Å². The second-order valence-electron chi connectivity index (χ2n) is 32.6. The fraction of sp³-hybridized carbons (Fsp3) is 0.933. The van der Waals surface area contributed by atoms with Gasteiger partial charge in [-0.05, 0) is 78.6 Å². The number of rotatable bonds is 81. The van der Waals surface area contributed by atoms with E-state index in [-0.39, 0.29) is 42.7 Å². The topological polar surface area (TPSA) is 278 Å². The molecule has 2 unspecified atom stereocenters. The summed E-state index contributed by atoms with van der Waals surface area (Å²) in [7, 11) is -5.43. The Kier molecular flexibility index (Phi) is 69.5. The molecule has 21 nitrogen and oxygen atoms in total. The largest absolute Gasteiger partial charge is 0.472 e. The first-order chi connectivity index (χ1) is 54.4. The molecule has 2 amide bonds. The number of amides is 2. The number of hydrogen-bond acceptors (Lipinski definition) is 17. The Morgan fingerprint density at radius 1 is 0.393 bits per heavy atom. The molecule has 0 aromatic rings. The van der Waals surface area contributed by atoms with Crippen LogP contribution in [0.4, 0.5) is 0 Å². The van der Waals surface area contributed by atoms with Crippen LogP contribution in [0.25, 0.3) is 0 Å². The van der Waals surface area contributed by atoms with Crippen LogP contribution in [0.15, 0.2) is 0 Å². The molecule has 0 saturated carbocycles. The summed E-state index contributed by atoms with van der Waals surface area (Å²) in [6.45, 7) is 17.8. The van der Waals surface area contributed by atoms with Crippen LogP contribution in [0.3, 0.4) is 0 Å². The average Bonchev–Trinajstić information content (AvgIpc) is 0.771. The number of ether oxygens (including phenoxy) is 5. The number of nitrogens with one attached hydrogen (secondary N) is 2. The van der Waals surface area contributed by atoms with Gasteiger partial charge >= 0.3 is 31.7 Å². The summed E-state index contributed by atoms with van der Waals surface area (Å²) in [5, 5.41) is 27.8. The molecule has 1 aliphatic heterocycles. The number of quaternary nitrogens is 1. The van der Waals surface area contributed by atoms with E-state index in [1.54, 1.807) is 0 Å². The Hall–Kier alpha value is -3.27. The van der Waals surface area contributed by atoms with Crippen LogP contribution in [0.2, 0.25) is 0 Å². The lowest BCUT2D eigenvalue weighted by molar-refractivity contribution is -1.11. The van der Waals surface area contributed by atoms with E-state index in [0.29, 0.717) is 71.0 Å². The van der Waals surface area contributed by atoms with Gasteiger partial charge in [0.15, 0.2) is 6.10 Å². The number of phosphoric acid groups is 1. The monoisotopic (exact) mass is 1620 g/mol. The minimum Gasteiger partial charge on any atom is -0.462 e. The van der Waals surface area contributed by atoms with Gasteiger partial charge in [0.05, 0.1) is 45.1 Å². The zero-order chi connectivity index (χ0) is 82.4. The van der Waals surface area contributed by atoms with E-state index in [9.17, 15) is 38.8 Å². The molecule has 1 fully saturated rings. The summed E-state index contributed by atoms with van der Waals surface area (Å²) in [5.74, 6) is -3.34. The van der Waals surface area contributed by atoms with Crippen molar-refractivity contribution in [3.63, 3.8) is 0 Å². The van der Waals surface area contributed by atoms with Crippen molar-refractivity contribution in [2.24, 2.45) is 0 Å². The Morgan fingerprint density at radius 3 is 1.01 bits per heavy atom. The first kappa shape index (κ1) is 107. The minimum atomic E-state index is -5.43. The summed E-state index contributed by atoms with van der Waals surface area (Å²) in [4.78, 5) is 104. The molecular weight excluding hydrogens is 1440 g/mol. The predicted octanol–water partition coefficient (Wildman–Crippen LogP) is 22.1. The second-order valence-corrected chi connectivity index (χ2v) is 34.0. The zero-order valence-electron chi connectivity index (χ0n) is 73.2. The van der Waals surface area contributed by atoms with E-state index in [4.69, 9.17) is 37.6 Å². The molecule has 660 valence electrons. The normalized spacial score (nSPS) is 17.5. The quantitative estimate of drug-likeness (QED) is 0.00945. The molecule has 1 rings (SSSR count). The number of carbonyl (C=O) groups is 6. The van der Waals surface area contributed by atoms with Gasteiger partial charge in [0.25, 0.3) is 0 Å². The number of hydroxylamine groups is 3.